The Hall–Kier alpha value is -2.37. The van der Waals surface area contributed by atoms with E-state index in [4.69, 9.17) is 5.73 Å². The lowest BCUT2D eigenvalue weighted by molar-refractivity contribution is 1.08. The van der Waals surface area contributed by atoms with E-state index in [0.29, 0.717) is 17.3 Å². The summed E-state index contributed by atoms with van der Waals surface area (Å²) in [5.41, 5.74) is 7.86. The topological polar surface area (TPSA) is 96.3 Å². The van der Waals surface area contributed by atoms with Crippen LogP contribution in [0.4, 0.5) is 5.82 Å². The van der Waals surface area contributed by atoms with Gasteiger partial charge in [0.05, 0.1) is 5.52 Å². The number of aromatic nitrogens is 5. The molecule has 0 aromatic carbocycles. The van der Waals surface area contributed by atoms with Gasteiger partial charge in [-0.2, -0.15) is 5.10 Å². The first-order valence-corrected chi connectivity index (χ1v) is 4.45. The number of hydrogen-bond donors (Lipinski definition) is 3. The van der Waals surface area contributed by atoms with E-state index in [1.165, 1.54) is 0 Å². The fraction of sp³-hybridized carbons (Fsp3) is 0. The van der Waals surface area contributed by atoms with Crippen LogP contribution in [0.3, 0.4) is 0 Å². The average Bonchev–Trinajstić information content (AvgIpc) is 2.84. The van der Waals surface area contributed by atoms with E-state index >= 15 is 0 Å². The van der Waals surface area contributed by atoms with Gasteiger partial charge >= 0.3 is 0 Å². The quantitative estimate of drug-likeness (QED) is 0.544. The van der Waals surface area contributed by atoms with Crippen LogP contribution in [0.25, 0.3) is 22.7 Å². The van der Waals surface area contributed by atoms with Crippen molar-refractivity contribution in [3.8, 4) is 11.5 Å². The Balaban J connectivity index is 2.22. The summed E-state index contributed by atoms with van der Waals surface area (Å²) in [5.74, 6) is 1.17. The van der Waals surface area contributed by atoms with Gasteiger partial charge in [0.25, 0.3) is 0 Å². The third kappa shape index (κ3) is 1.23. The zero-order chi connectivity index (χ0) is 10.3. The predicted molar refractivity (Wildman–Crippen MR) is 55.9 cm³/mol. The highest BCUT2D eigenvalue weighted by Gasteiger charge is 2.06. The van der Waals surface area contributed by atoms with Gasteiger partial charge in [-0.15, -0.1) is 0 Å². The molecular weight excluding hydrogens is 192 g/mol. The van der Waals surface area contributed by atoms with Gasteiger partial charge in [-0.25, -0.2) is 9.97 Å². The van der Waals surface area contributed by atoms with E-state index in [0.717, 1.165) is 11.2 Å². The highest BCUT2D eigenvalue weighted by Crippen LogP contribution is 2.17. The summed E-state index contributed by atoms with van der Waals surface area (Å²) in [6.07, 6.45) is 1.67. The SMILES string of the molecule is Nc1ccc2[nH]c(-c3ccn[nH]3)nc2n1. The minimum atomic E-state index is 0.463. The number of nitrogens with zero attached hydrogens (tertiary/aromatic N) is 3. The fourth-order valence-electron chi connectivity index (χ4n) is 1.42. The van der Waals surface area contributed by atoms with Crippen molar-refractivity contribution < 1.29 is 0 Å². The van der Waals surface area contributed by atoms with Crippen LogP contribution in [0.5, 0.6) is 0 Å². The summed E-state index contributed by atoms with van der Waals surface area (Å²) < 4.78 is 0. The molecule has 6 nitrogen and oxygen atoms in total. The molecule has 0 aliphatic heterocycles. The second kappa shape index (κ2) is 2.81. The molecular formula is C9H8N6. The Labute approximate surface area is 84.6 Å². The Bertz CT molecular complexity index is 594. The Morgan fingerprint density at radius 2 is 2.07 bits per heavy atom. The summed E-state index contributed by atoms with van der Waals surface area (Å²) in [6.45, 7) is 0. The maximum Gasteiger partial charge on any atom is 0.180 e. The van der Waals surface area contributed by atoms with Crippen LogP contribution >= 0.6 is 0 Å². The van der Waals surface area contributed by atoms with Crippen LogP contribution in [-0.2, 0) is 0 Å². The lowest BCUT2D eigenvalue weighted by Gasteiger charge is -1.88. The third-order valence-electron chi connectivity index (χ3n) is 2.12. The van der Waals surface area contributed by atoms with Crippen molar-refractivity contribution in [3.05, 3.63) is 24.4 Å². The minimum Gasteiger partial charge on any atom is -0.384 e. The molecule has 3 heterocycles. The van der Waals surface area contributed by atoms with Gasteiger partial charge < -0.3 is 10.7 Å². The predicted octanol–water partition coefficient (Wildman–Crippen LogP) is 0.930. The Morgan fingerprint density at radius 1 is 1.13 bits per heavy atom. The summed E-state index contributed by atoms with van der Waals surface area (Å²) in [4.78, 5) is 11.5. The van der Waals surface area contributed by atoms with Crippen molar-refractivity contribution in [2.24, 2.45) is 0 Å². The molecule has 0 unspecified atom stereocenters. The number of rotatable bonds is 1. The van der Waals surface area contributed by atoms with Gasteiger partial charge in [0.1, 0.15) is 11.5 Å². The molecule has 0 atom stereocenters. The number of aromatic amines is 2. The Morgan fingerprint density at radius 3 is 2.87 bits per heavy atom. The van der Waals surface area contributed by atoms with Crippen LogP contribution in [-0.4, -0.2) is 25.1 Å². The standard InChI is InChI=1S/C9H8N6/c10-7-2-1-5-8(13-7)14-9(12-5)6-3-4-11-15-6/h1-4H,(H,11,15)(H3,10,12,13,14). The first kappa shape index (κ1) is 7.98. The zero-order valence-electron chi connectivity index (χ0n) is 7.73. The van der Waals surface area contributed by atoms with Crippen molar-refractivity contribution in [1.29, 1.82) is 0 Å². The van der Waals surface area contributed by atoms with Crippen LogP contribution in [0.2, 0.25) is 0 Å². The minimum absolute atomic E-state index is 0.463. The molecule has 0 saturated heterocycles. The van der Waals surface area contributed by atoms with E-state index < -0.39 is 0 Å². The second-order valence-corrected chi connectivity index (χ2v) is 3.16. The molecule has 3 aromatic heterocycles. The van der Waals surface area contributed by atoms with Crippen LogP contribution < -0.4 is 5.73 Å². The van der Waals surface area contributed by atoms with Crippen molar-refractivity contribution >= 4 is 17.0 Å². The number of imidazole rings is 1. The maximum absolute atomic E-state index is 5.57. The van der Waals surface area contributed by atoms with Crippen molar-refractivity contribution in [2.75, 3.05) is 5.73 Å². The van der Waals surface area contributed by atoms with Gasteiger partial charge in [0.15, 0.2) is 11.5 Å². The molecule has 15 heavy (non-hydrogen) atoms. The summed E-state index contributed by atoms with van der Waals surface area (Å²) in [5, 5.41) is 6.68. The van der Waals surface area contributed by atoms with E-state index in [1.54, 1.807) is 12.3 Å². The molecule has 6 heteroatoms. The molecule has 0 bridgehead atoms. The number of hydrogen-bond acceptors (Lipinski definition) is 4. The number of nitrogen functional groups attached to an aromatic ring is 1. The molecule has 74 valence electrons. The van der Waals surface area contributed by atoms with E-state index in [2.05, 4.69) is 25.1 Å². The molecule has 3 aromatic rings. The number of nitrogens with two attached hydrogens (primary N) is 1. The lowest BCUT2D eigenvalue weighted by atomic mass is 10.4. The normalized spacial score (nSPS) is 10.9. The molecule has 0 radical (unpaired) electrons. The number of nitrogens with one attached hydrogen (secondary N) is 2. The van der Waals surface area contributed by atoms with Gasteiger partial charge in [-0.05, 0) is 18.2 Å². The molecule has 3 rings (SSSR count). The van der Waals surface area contributed by atoms with E-state index in [9.17, 15) is 0 Å². The number of pyridine rings is 1. The summed E-state index contributed by atoms with van der Waals surface area (Å²) in [6, 6.07) is 5.42. The van der Waals surface area contributed by atoms with Crippen LogP contribution in [0.15, 0.2) is 24.4 Å². The molecule has 4 N–H and O–H groups in total. The van der Waals surface area contributed by atoms with E-state index in [-0.39, 0.29) is 0 Å². The average molecular weight is 200 g/mol. The first-order chi connectivity index (χ1) is 7.33. The lowest BCUT2D eigenvalue weighted by Crippen LogP contribution is -1.88. The highest BCUT2D eigenvalue weighted by molar-refractivity contribution is 5.76. The third-order valence-corrected chi connectivity index (χ3v) is 2.12. The summed E-state index contributed by atoms with van der Waals surface area (Å²) in [7, 11) is 0. The van der Waals surface area contributed by atoms with Crippen molar-refractivity contribution in [2.45, 2.75) is 0 Å². The highest BCUT2D eigenvalue weighted by atomic mass is 15.1. The van der Waals surface area contributed by atoms with Gasteiger partial charge in [0, 0.05) is 6.20 Å². The van der Waals surface area contributed by atoms with Crippen molar-refractivity contribution in [1.82, 2.24) is 25.1 Å². The molecule has 0 saturated carbocycles. The van der Waals surface area contributed by atoms with Gasteiger partial charge in [0.2, 0.25) is 0 Å². The van der Waals surface area contributed by atoms with Crippen molar-refractivity contribution in [3.63, 3.8) is 0 Å². The largest absolute Gasteiger partial charge is 0.384 e. The van der Waals surface area contributed by atoms with Gasteiger partial charge in [-0.1, -0.05) is 0 Å². The fourth-order valence-corrected chi connectivity index (χ4v) is 1.42. The summed E-state index contributed by atoms with van der Waals surface area (Å²) >= 11 is 0. The van der Waals surface area contributed by atoms with Crippen LogP contribution in [0, 0.1) is 0 Å². The second-order valence-electron chi connectivity index (χ2n) is 3.16. The number of H-pyrrole nitrogens is 2. The molecule has 0 fully saturated rings. The smallest absolute Gasteiger partial charge is 0.180 e. The molecule has 0 aliphatic carbocycles. The van der Waals surface area contributed by atoms with E-state index in [1.807, 2.05) is 12.1 Å². The maximum atomic E-state index is 5.57. The molecule has 0 amide bonds. The van der Waals surface area contributed by atoms with Crippen LogP contribution in [0.1, 0.15) is 0 Å². The van der Waals surface area contributed by atoms with Gasteiger partial charge in [-0.3, -0.25) is 5.10 Å². The monoisotopic (exact) mass is 200 g/mol. The zero-order valence-corrected chi connectivity index (χ0v) is 7.73. The number of anilines is 1. The molecule has 0 aliphatic rings. The number of fused-ring (bicyclic) bond motifs is 1. The first-order valence-electron chi connectivity index (χ1n) is 4.45. The Kier molecular flexibility index (Phi) is 1.49. The molecule has 0 spiro atoms.